The van der Waals surface area contributed by atoms with Gasteiger partial charge in [0, 0.05) is 116 Å². The molecule has 35 heteroatoms. The van der Waals surface area contributed by atoms with Crippen molar-refractivity contribution in [1.29, 1.82) is 5.41 Å². The molecule has 4 aliphatic rings. The van der Waals surface area contributed by atoms with Crippen LogP contribution in [-0.4, -0.2) is 162 Å². The van der Waals surface area contributed by atoms with Crippen LogP contribution in [0.5, 0.6) is 0 Å². The minimum absolute atomic E-state index is 0.0550. The van der Waals surface area contributed by atoms with Crippen molar-refractivity contribution >= 4 is 103 Å². The predicted octanol–water partition coefficient (Wildman–Crippen LogP) is 11.8. The molecule has 0 bridgehead atoms. The smallest absolute Gasteiger partial charge is 0.315 e. The fraction of sp³-hybridized carbons (Fsp3) is 0.683. The number of hydrogen-bond acceptors (Lipinski definition) is 33. The van der Waals surface area contributed by atoms with Gasteiger partial charge >= 0.3 is 12.0 Å². The van der Waals surface area contributed by atoms with E-state index in [-0.39, 0.29) is 37.7 Å². The van der Waals surface area contributed by atoms with E-state index >= 15 is 0 Å². The highest BCUT2D eigenvalue weighted by molar-refractivity contribution is 7.15. The van der Waals surface area contributed by atoms with Gasteiger partial charge in [-0.2, -0.15) is 30.6 Å². The van der Waals surface area contributed by atoms with E-state index < -0.39 is 0 Å². The van der Waals surface area contributed by atoms with E-state index in [2.05, 4.69) is 215 Å². The maximum absolute atomic E-state index is 8.54. The molecule has 0 saturated carbocycles. The maximum atomic E-state index is 8.54. The summed E-state index contributed by atoms with van der Waals surface area (Å²) in [5.41, 5.74) is 21.8. The van der Waals surface area contributed by atoms with Crippen molar-refractivity contribution in [3.05, 3.63) is 43.6 Å². The zero-order chi connectivity index (χ0) is 74.0. The first-order chi connectivity index (χ1) is 46.2. The maximum Gasteiger partial charge on any atom is 0.315 e. The summed E-state index contributed by atoms with van der Waals surface area (Å²) < 4.78 is 15.2. The van der Waals surface area contributed by atoms with Crippen molar-refractivity contribution in [2.75, 3.05) is 61.6 Å². The summed E-state index contributed by atoms with van der Waals surface area (Å²) in [4.78, 5) is 4.12. The first-order valence-electron chi connectivity index (χ1n) is 32.9. The van der Waals surface area contributed by atoms with Gasteiger partial charge in [-0.3, -0.25) is 21.3 Å². The lowest BCUT2D eigenvalue weighted by molar-refractivity contribution is 0.306. The van der Waals surface area contributed by atoms with E-state index in [0.29, 0.717) is 114 Å². The van der Waals surface area contributed by atoms with Crippen LogP contribution < -0.4 is 33.0 Å². The van der Waals surface area contributed by atoms with Gasteiger partial charge in [0.2, 0.25) is 33.8 Å². The van der Waals surface area contributed by atoms with Gasteiger partial charge in [0.25, 0.3) is 0 Å². The zero-order valence-corrected chi connectivity index (χ0v) is 64.3. The van der Waals surface area contributed by atoms with Crippen LogP contribution in [-0.2, 0) is 0 Å². The Morgan fingerprint density at radius 2 is 1.00 bits per heavy atom. The first kappa shape index (κ1) is 88.2. The number of hydrogen-bond donors (Lipinski definition) is 10. The molecule has 0 amide bonds. The van der Waals surface area contributed by atoms with Crippen LogP contribution in [0.1, 0.15) is 250 Å². The van der Waals surface area contributed by atoms with Crippen LogP contribution in [0.3, 0.4) is 0 Å². The quantitative estimate of drug-likeness (QED) is 0.0382. The van der Waals surface area contributed by atoms with Crippen LogP contribution in [0.15, 0.2) is 48.9 Å². The molecule has 0 aromatic carbocycles. The number of nitrogens with two attached hydrogens (primary N) is 2. The number of nitrogens with zero attached hydrogens (tertiary/aromatic N) is 19. The Morgan fingerprint density at radius 3 is 1.33 bits per heavy atom. The summed E-state index contributed by atoms with van der Waals surface area (Å²) in [6, 6.07) is 0.506. The molecule has 0 fully saturated rings. The summed E-state index contributed by atoms with van der Waals surface area (Å²) in [5, 5.41) is 113. The van der Waals surface area contributed by atoms with Crippen LogP contribution in [0.4, 0.5) is 22.3 Å². The van der Waals surface area contributed by atoms with E-state index in [1.807, 2.05) is 61.6 Å². The minimum Gasteiger partial charge on any atom is -0.425 e. The molecule has 98 heavy (non-hydrogen) atoms. The zero-order valence-electron chi connectivity index (χ0n) is 61.9. The SMILES string of the molecule is CC(C)C1=NN=CC1.CC(C)C1=NNC(=N)C1.CC(C)C1=NNC(=NCCO)C1.CC(C)c1nnc(N)o1.CC(C)c1nnc(N)s1.CC(C)c1nnc(NCCO)o1.CC(C)c1nnc(NCCO)s1.CC1=NN=C(C(C)C)C1.Cc1nnc(C(C)C)o1.Cc1nnc(C(C)C)s1. The van der Waals surface area contributed by atoms with Crippen molar-refractivity contribution in [3.63, 3.8) is 0 Å². The van der Waals surface area contributed by atoms with Gasteiger partial charge < -0.3 is 50.7 Å². The molecule has 0 saturated heterocycles. The van der Waals surface area contributed by atoms with Crippen LogP contribution >= 0.6 is 34.0 Å². The number of aryl methyl sites for hydroxylation is 2. The molecule has 10 rings (SSSR count). The lowest BCUT2D eigenvalue weighted by atomic mass is 10.0. The molecule has 0 atom stereocenters. The Bertz CT molecular complexity index is 3140. The van der Waals surface area contributed by atoms with Crippen molar-refractivity contribution in [1.82, 2.24) is 72.0 Å². The van der Waals surface area contributed by atoms with Crippen LogP contribution in [0.25, 0.3) is 0 Å². The molecule has 10 heterocycles. The van der Waals surface area contributed by atoms with Crippen molar-refractivity contribution in [2.45, 2.75) is 220 Å². The molecule has 12 N–H and O–H groups in total. The number of rotatable bonds is 18. The molecule has 548 valence electrons. The summed E-state index contributed by atoms with van der Waals surface area (Å²) in [5.74, 6) is 8.23. The second-order valence-corrected chi connectivity index (χ2v) is 28.3. The number of nitrogens with one attached hydrogen (secondary N) is 5. The second-order valence-electron chi connectivity index (χ2n) is 25.0. The first-order valence-corrected chi connectivity index (χ1v) is 35.3. The number of aliphatic hydroxyl groups excluding tert-OH is 3. The predicted molar refractivity (Wildman–Crippen MR) is 399 cm³/mol. The van der Waals surface area contributed by atoms with Crippen molar-refractivity contribution in [2.24, 2.45) is 59.3 Å². The molecule has 4 aliphatic heterocycles. The van der Waals surface area contributed by atoms with E-state index in [9.17, 15) is 0 Å². The number of hydrazone groups is 2. The Balaban J connectivity index is 0.000000546. The average Bonchev–Trinajstić information content (AvgIpc) is 2.14. The minimum atomic E-state index is 0.0550. The number of aliphatic hydroxyl groups is 3. The molecule has 0 unspecified atom stereocenters. The third kappa shape index (κ3) is 38.3. The van der Waals surface area contributed by atoms with Gasteiger partial charge in [-0.25, -0.2) is 0 Å². The van der Waals surface area contributed by atoms with Gasteiger partial charge in [0.05, 0.1) is 26.4 Å². The molecular formula is C63H112N26O6S3. The molecule has 6 aromatic rings. The highest BCUT2D eigenvalue weighted by Gasteiger charge is 2.17. The third-order valence-corrected chi connectivity index (χ3v) is 15.8. The largest absolute Gasteiger partial charge is 0.425 e. The summed E-state index contributed by atoms with van der Waals surface area (Å²) in [7, 11) is 0. The molecule has 0 spiro atoms. The molecular weight excluding hydrogens is 1310 g/mol. The van der Waals surface area contributed by atoms with Crippen molar-refractivity contribution in [3.8, 4) is 0 Å². The fourth-order valence-electron chi connectivity index (χ4n) is 6.63. The van der Waals surface area contributed by atoms with E-state index in [0.717, 1.165) is 67.4 Å². The number of anilines is 4. The van der Waals surface area contributed by atoms with Crippen LogP contribution in [0.2, 0.25) is 0 Å². The van der Waals surface area contributed by atoms with Gasteiger partial charge in [-0.15, -0.1) is 62.3 Å². The van der Waals surface area contributed by atoms with E-state index in [1.54, 1.807) is 18.3 Å². The third-order valence-electron chi connectivity index (χ3n) is 12.4. The lowest BCUT2D eigenvalue weighted by Gasteiger charge is -2.00. The summed E-state index contributed by atoms with van der Waals surface area (Å²) in [6.07, 6.45) is 5.29. The normalized spacial score (nSPS) is 13.7. The standard InChI is InChI=1S/C8H15N3O.C7H13N3O2.C7H13N3OS.C7H12N2.C6H11N3.C6H10N2O.C6H10N2S.C6H10N2.C5H9N3O.C5H9N3S/c1-6(2)7-5-8(11-10-7)9-3-4-12;2*1-5(2)6-9-10-7(12-6)8-3-4-11;1-5(2)7-4-6(3)8-9-7;1-4(2)5-3-6(7)9-8-5;2*1-4(2)6-8-7-5(3)9-6;1-5(2)6-3-4-7-8-6;2*1-3(2)4-7-8-5(6)9-4/h6,12H,3-5H2,1-2H3,(H,9,11);2*5,11H,3-4H2,1-2H3,(H,8,10);5H,4H2,1-3H3;4H,3H2,1-2H3,(H2,7,9);2*4H,1-3H3;4-5H,3H2,1-2H3;2*3H,1-2H3,(H2,6,8). The highest BCUT2D eigenvalue weighted by atomic mass is 32.1. The van der Waals surface area contributed by atoms with Gasteiger partial charge in [-0.05, 0) is 37.5 Å². The molecule has 0 aliphatic carbocycles. The van der Waals surface area contributed by atoms with Gasteiger partial charge in [0.15, 0.2) is 0 Å². The number of nitrogen functional groups attached to an aromatic ring is 2. The Morgan fingerprint density at radius 1 is 0.490 bits per heavy atom. The number of aromatic nitrogens is 12. The number of amidine groups is 2. The Kier molecular flexibility index (Phi) is 43.9. The van der Waals surface area contributed by atoms with E-state index in [1.165, 1.54) is 34.1 Å². The van der Waals surface area contributed by atoms with E-state index in [4.69, 9.17) is 45.4 Å². The van der Waals surface area contributed by atoms with Crippen LogP contribution in [0, 0.1) is 42.9 Å². The van der Waals surface area contributed by atoms with Crippen molar-refractivity contribution < 1.29 is 28.6 Å². The molecule has 0 radical (unpaired) electrons. The Labute approximate surface area is 590 Å². The fourth-order valence-corrected chi connectivity index (χ4v) is 8.71. The second kappa shape index (κ2) is 48.8. The lowest BCUT2D eigenvalue weighted by Crippen LogP contribution is -2.13. The monoisotopic (exact) mass is 1420 g/mol. The molecule has 6 aromatic heterocycles. The molecule has 32 nitrogen and oxygen atoms in total. The average molecular weight is 1430 g/mol. The highest BCUT2D eigenvalue weighted by Crippen LogP contribution is 2.23. The topological polar surface area (TPSA) is 465 Å². The summed E-state index contributed by atoms with van der Waals surface area (Å²) in [6.45, 7) is 48.9. The summed E-state index contributed by atoms with van der Waals surface area (Å²) >= 11 is 4.66. The van der Waals surface area contributed by atoms with Gasteiger partial charge in [-0.1, -0.05) is 171 Å². The number of aliphatic imine (C=N–C) groups is 1. The Hall–Kier alpha value is -7.86. The van der Waals surface area contributed by atoms with Gasteiger partial charge in [0.1, 0.15) is 31.7 Å².